The summed E-state index contributed by atoms with van der Waals surface area (Å²) in [5.74, 6) is -1.04. The lowest BCUT2D eigenvalue weighted by Gasteiger charge is -2.21. The summed E-state index contributed by atoms with van der Waals surface area (Å²) in [6.07, 6.45) is -0.243. The van der Waals surface area contributed by atoms with E-state index in [4.69, 9.17) is 5.11 Å². The second-order valence-electron chi connectivity index (χ2n) is 4.48. The molecule has 0 saturated heterocycles. The van der Waals surface area contributed by atoms with Crippen LogP contribution in [0.1, 0.15) is 6.42 Å². The zero-order valence-corrected chi connectivity index (χ0v) is 12.5. The molecule has 0 aliphatic carbocycles. The Morgan fingerprint density at radius 2 is 1.85 bits per heavy atom. The monoisotopic (exact) mass is 301 g/mol. The van der Waals surface area contributed by atoms with E-state index in [1.54, 1.807) is 43.3 Å². The van der Waals surface area contributed by atoms with Gasteiger partial charge in [0.05, 0.1) is 17.8 Å². The van der Waals surface area contributed by atoms with E-state index in [0.717, 1.165) is 9.99 Å². The van der Waals surface area contributed by atoms with Gasteiger partial charge >= 0.3 is 16.2 Å². The molecule has 0 aliphatic heterocycles. The number of nitrogens with zero attached hydrogens (tertiary/aromatic N) is 2. The van der Waals surface area contributed by atoms with Gasteiger partial charge in [-0.05, 0) is 12.1 Å². The number of anilines is 2. The molecular formula is C12H19N3O4S. The lowest BCUT2D eigenvalue weighted by molar-refractivity contribution is -0.137. The number of carboxylic acid groups (broad SMARTS) is 1. The Morgan fingerprint density at radius 3 is 2.40 bits per heavy atom. The van der Waals surface area contributed by atoms with Crippen molar-refractivity contribution in [3.05, 3.63) is 24.3 Å². The van der Waals surface area contributed by atoms with Gasteiger partial charge in [0, 0.05) is 27.7 Å². The Hall–Kier alpha value is -1.80. The van der Waals surface area contributed by atoms with Crippen LogP contribution >= 0.6 is 0 Å². The van der Waals surface area contributed by atoms with Crippen molar-refractivity contribution in [2.45, 2.75) is 6.42 Å². The molecule has 0 aromatic heterocycles. The molecule has 20 heavy (non-hydrogen) atoms. The van der Waals surface area contributed by atoms with Crippen molar-refractivity contribution >= 4 is 27.6 Å². The van der Waals surface area contributed by atoms with Crippen LogP contribution in [-0.2, 0) is 15.0 Å². The minimum atomic E-state index is -3.77. The first-order valence-corrected chi connectivity index (χ1v) is 7.40. The quantitative estimate of drug-likeness (QED) is 0.778. The van der Waals surface area contributed by atoms with E-state index in [0.29, 0.717) is 5.69 Å². The van der Waals surface area contributed by atoms with Gasteiger partial charge in [-0.25, -0.2) is 0 Å². The lowest BCUT2D eigenvalue weighted by atomic mass is 10.2. The molecule has 0 aliphatic rings. The molecule has 0 radical (unpaired) electrons. The minimum Gasteiger partial charge on any atom is -0.481 e. The van der Waals surface area contributed by atoms with Crippen molar-refractivity contribution in [2.75, 3.05) is 37.3 Å². The normalized spacial score (nSPS) is 11.4. The van der Waals surface area contributed by atoms with Gasteiger partial charge < -0.3 is 10.0 Å². The summed E-state index contributed by atoms with van der Waals surface area (Å²) in [6, 6.07) is 6.97. The van der Waals surface area contributed by atoms with Crippen LogP contribution in [0.5, 0.6) is 0 Å². The van der Waals surface area contributed by atoms with Crippen LogP contribution in [0.4, 0.5) is 11.4 Å². The number of nitrogens with one attached hydrogen (secondary N) is 1. The number of hydrogen-bond acceptors (Lipinski definition) is 4. The van der Waals surface area contributed by atoms with E-state index in [1.807, 2.05) is 0 Å². The molecule has 0 amide bonds. The van der Waals surface area contributed by atoms with Crippen molar-refractivity contribution in [1.29, 1.82) is 0 Å². The summed E-state index contributed by atoms with van der Waals surface area (Å²) < 4.78 is 27.6. The summed E-state index contributed by atoms with van der Waals surface area (Å²) in [4.78, 5) is 12.3. The van der Waals surface area contributed by atoms with Gasteiger partial charge in [0.25, 0.3) is 0 Å². The standard InChI is InChI=1S/C12H19N3O4S/c1-14(2)11-7-5-4-6-10(11)13-20(18,19)15(3)9-8-12(16)17/h4-7,13H,8-9H2,1-3H3,(H,16,17). The number of para-hydroxylation sites is 2. The molecule has 7 nitrogen and oxygen atoms in total. The maximum atomic E-state index is 12.1. The summed E-state index contributed by atoms with van der Waals surface area (Å²) in [7, 11) is 1.18. The molecule has 112 valence electrons. The Morgan fingerprint density at radius 1 is 1.25 bits per heavy atom. The highest BCUT2D eigenvalue weighted by molar-refractivity contribution is 7.90. The Labute approximate surface area is 119 Å². The highest BCUT2D eigenvalue weighted by Gasteiger charge is 2.19. The number of carboxylic acids is 1. The van der Waals surface area contributed by atoms with E-state index in [-0.39, 0.29) is 13.0 Å². The first kappa shape index (κ1) is 16.3. The van der Waals surface area contributed by atoms with Crippen LogP contribution in [0.25, 0.3) is 0 Å². The summed E-state index contributed by atoms with van der Waals surface area (Å²) in [5.41, 5.74) is 1.17. The maximum Gasteiger partial charge on any atom is 0.304 e. The topological polar surface area (TPSA) is 90.0 Å². The second-order valence-corrected chi connectivity index (χ2v) is 6.26. The predicted octanol–water partition coefficient (Wildman–Crippen LogP) is 0.816. The van der Waals surface area contributed by atoms with Gasteiger partial charge in [-0.3, -0.25) is 9.52 Å². The number of aliphatic carboxylic acids is 1. The fourth-order valence-corrected chi connectivity index (χ4v) is 2.48. The van der Waals surface area contributed by atoms with Gasteiger partial charge in [0.2, 0.25) is 0 Å². The van der Waals surface area contributed by atoms with Gasteiger partial charge in [-0.1, -0.05) is 12.1 Å². The van der Waals surface area contributed by atoms with E-state index in [1.165, 1.54) is 7.05 Å². The number of carbonyl (C=O) groups is 1. The molecule has 0 fully saturated rings. The van der Waals surface area contributed by atoms with E-state index < -0.39 is 16.2 Å². The molecule has 1 aromatic carbocycles. The van der Waals surface area contributed by atoms with Crippen molar-refractivity contribution in [1.82, 2.24) is 4.31 Å². The minimum absolute atomic E-state index is 0.0885. The molecule has 0 atom stereocenters. The van der Waals surface area contributed by atoms with Gasteiger partial charge in [-0.2, -0.15) is 12.7 Å². The average molecular weight is 301 g/mol. The molecule has 8 heteroatoms. The number of rotatable bonds is 7. The van der Waals surface area contributed by atoms with Crippen LogP contribution in [0.15, 0.2) is 24.3 Å². The molecule has 1 aromatic rings. The molecule has 0 unspecified atom stereocenters. The molecule has 2 N–H and O–H groups in total. The Bertz CT molecular complexity index is 572. The Balaban J connectivity index is 2.88. The first-order chi connectivity index (χ1) is 9.24. The van der Waals surface area contributed by atoms with E-state index in [2.05, 4.69) is 4.72 Å². The number of hydrogen-bond donors (Lipinski definition) is 2. The van der Waals surface area contributed by atoms with Crippen LogP contribution in [0.2, 0.25) is 0 Å². The summed E-state index contributed by atoms with van der Waals surface area (Å²) in [6.45, 7) is -0.0885. The third-order valence-corrected chi connectivity index (χ3v) is 4.16. The van der Waals surface area contributed by atoms with Crippen molar-refractivity contribution < 1.29 is 18.3 Å². The van der Waals surface area contributed by atoms with Crippen LogP contribution in [0, 0.1) is 0 Å². The molecular weight excluding hydrogens is 282 g/mol. The van der Waals surface area contributed by atoms with E-state index >= 15 is 0 Å². The smallest absolute Gasteiger partial charge is 0.304 e. The van der Waals surface area contributed by atoms with Crippen LogP contribution < -0.4 is 9.62 Å². The van der Waals surface area contributed by atoms with Crippen molar-refractivity contribution in [2.24, 2.45) is 0 Å². The summed E-state index contributed by atoms with van der Waals surface area (Å²) >= 11 is 0. The highest BCUT2D eigenvalue weighted by Crippen LogP contribution is 2.24. The largest absolute Gasteiger partial charge is 0.481 e. The van der Waals surface area contributed by atoms with Gasteiger partial charge in [0.1, 0.15) is 0 Å². The molecule has 0 spiro atoms. The number of benzene rings is 1. The van der Waals surface area contributed by atoms with Crippen molar-refractivity contribution in [3.8, 4) is 0 Å². The molecule has 0 bridgehead atoms. The third kappa shape index (κ3) is 4.39. The predicted molar refractivity (Wildman–Crippen MR) is 78.2 cm³/mol. The van der Waals surface area contributed by atoms with Crippen LogP contribution in [0.3, 0.4) is 0 Å². The lowest BCUT2D eigenvalue weighted by Crippen LogP contribution is -2.34. The summed E-state index contributed by atoms with van der Waals surface area (Å²) in [5, 5.41) is 8.59. The highest BCUT2D eigenvalue weighted by atomic mass is 32.2. The van der Waals surface area contributed by atoms with Gasteiger partial charge in [-0.15, -0.1) is 0 Å². The zero-order valence-electron chi connectivity index (χ0n) is 11.7. The van der Waals surface area contributed by atoms with Gasteiger partial charge in [0.15, 0.2) is 0 Å². The third-order valence-electron chi connectivity index (χ3n) is 2.68. The Kier molecular flexibility index (Phi) is 5.34. The maximum absolute atomic E-state index is 12.1. The van der Waals surface area contributed by atoms with Crippen LogP contribution in [-0.4, -0.2) is 51.5 Å². The van der Waals surface area contributed by atoms with E-state index in [9.17, 15) is 13.2 Å². The second kappa shape index (κ2) is 6.58. The first-order valence-electron chi connectivity index (χ1n) is 5.96. The fraction of sp³-hybridized carbons (Fsp3) is 0.417. The molecule has 0 saturated carbocycles. The average Bonchev–Trinajstić information content (AvgIpc) is 2.35. The van der Waals surface area contributed by atoms with Crippen molar-refractivity contribution in [3.63, 3.8) is 0 Å². The fourth-order valence-electron chi connectivity index (χ4n) is 1.54. The molecule has 1 rings (SSSR count). The molecule has 0 heterocycles. The SMILES string of the molecule is CN(C)c1ccccc1NS(=O)(=O)N(C)CCC(=O)O. The zero-order chi connectivity index (χ0) is 15.3.